The van der Waals surface area contributed by atoms with Crippen molar-refractivity contribution < 1.29 is 0 Å². The van der Waals surface area contributed by atoms with E-state index in [4.69, 9.17) is 0 Å². The van der Waals surface area contributed by atoms with Crippen molar-refractivity contribution in [1.29, 1.82) is 0 Å². The molecule has 0 saturated heterocycles. The topological polar surface area (TPSA) is 25.8 Å². The average Bonchev–Trinajstić information content (AvgIpc) is 2.84. The Kier molecular flexibility index (Phi) is 2.62. The monoisotopic (exact) mass is 258 g/mol. The first-order valence-corrected chi connectivity index (χ1v) is 7.55. The van der Waals surface area contributed by atoms with Crippen molar-refractivity contribution in [3.8, 4) is 0 Å². The van der Waals surface area contributed by atoms with E-state index in [1.807, 2.05) is 6.20 Å². The maximum atomic E-state index is 4.51. The van der Waals surface area contributed by atoms with Gasteiger partial charge >= 0.3 is 0 Å². The first-order valence-electron chi connectivity index (χ1n) is 7.55. The summed E-state index contributed by atoms with van der Waals surface area (Å²) >= 11 is 0. The number of hydrogen-bond donors (Lipinski definition) is 0. The van der Waals surface area contributed by atoms with Gasteiger partial charge in [0.1, 0.15) is 0 Å². The van der Waals surface area contributed by atoms with Gasteiger partial charge in [0, 0.05) is 5.41 Å². The molecule has 0 N–H and O–H groups in total. The van der Waals surface area contributed by atoms with Crippen LogP contribution in [0.4, 0.5) is 0 Å². The van der Waals surface area contributed by atoms with Crippen LogP contribution in [0.3, 0.4) is 0 Å². The lowest BCUT2D eigenvalue weighted by Gasteiger charge is -2.37. The van der Waals surface area contributed by atoms with Crippen LogP contribution in [0.15, 0.2) is 6.20 Å². The van der Waals surface area contributed by atoms with Crippen LogP contribution in [0, 0.1) is 11.3 Å². The molecule has 1 aromatic heterocycles. The molecule has 0 spiro atoms. The summed E-state index contributed by atoms with van der Waals surface area (Å²) in [5, 5.41) is 8.79. The van der Waals surface area contributed by atoms with E-state index in [1.165, 1.54) is 24.1 Å². The summed E-state index contributed by atoms with van der Waals surface area (Å²) in [6, 6.07) is 0. The molecule has 0 amide bonds. The Hall–Kier alpha value is -0.920. The molecular formula is C17H26N2. The maximum absolute atomic E-state index is 4.51. The van der Waals surface area contributed by atoms with Gasteiger partial charge in [0.25, 0.3) is 0 Å². The Balaban J connectivity index is 2.11. The highest BCUT2D eigenvalue weighted by Crippen LogP contribution is 2.61. The van der Waals surface area contributed by atoms with E-state index in [0.717, 1.165) is 11.8 Å². The minimum atomic E-state index is 0.102. The zero-order valence-corrected chi connectivity index (χ0v) is 13.1. The minimum absolute atomic E-state index is 0.102. The maximum Gasteiger partial charge on any atom is 0.0722 e. The molecule has 0 radical (unpaired) electrons. The third-order valence-electron chi connectivity index (χ3n) is 5.12. The van der Waals surface area contributed by atoms with Crippen molar-refractivity contribution in [1.82, 2.24) is 10.2 Å². The van der Waals surface area contributed by atoms with Crippen molar-refractivity contribution >= 4 is 0 Å². The fourth-order valence-electron chi connectivity index (χ4n) is 4.25. The Morgan fingerprint density at radius 2 is 1.74 bits per heavy atom. The van der Waals surface area contributed by atoms with Crippen molar-refractivity contribution in [2.75, 3.05) is 0 Å². The molecule has 3 rings (SSSR count). The standard InChI is InChI=1S/C17H26N2/c1-16(2,3)13-8-10-7-11(13)14-12(10)9-18-19-15(14)17(4,5)6/h9-11,13H,7-8H2,1-6H3. The van der Waals surface area contributed by atoms with Crippen molar-refractivity contribution in [3.63, 3.8) is 0 Å². The molecule has 2 aliphatic carbocycles. The molecular weight excluding hydrogens is 232 g/mol. The van der Waals surface area contributed by atoms with E-state index < -0.39 is 0 Å². The summed E-state index contributed by atoms with van der Waals surface area (Å²) in [5.74, 6) is 2.25. The smallest absolute Gasteiger partial charge is 0.0722 e. The second-order valence-electron chi connectivity index (χ2n) is 8.56. The summed E-state index contributed by atoms with van der Waals surface area (Å²) in [7, 11) is 0. The van der Waals surface area contributed by atoms with Crippen LogP contribution >= 0.6 is 0 Å². The molecule has 1 fully saturated rings. The van der Waals surface area contributed by atoms with Gasteiger partial charge in [-0.25, -0.2) is 0 Å². The highest BCUT2D eigenvalue weighted by atomic mass is 15.1. The first-order chi connectivity index (χ1) is 8.69. The quantitative estimate of drug-likeness (QED) is 0.689. The van der Waals surface area contributed by atoms with Crippen LogP contribution in [-0.4, -0.2) is 10.2 Å². The highest BCUT2D eigenvalue weighted by Gasteiger charge is 2.50. The second-order valence-corrected chi connectivity index (χ2v) is 8.56. The number of aromatic nitrogens is 2. The van der Waals surface area contributed by atoms with E-state index in [2.05, 4.69) is 51.7 Å². The lowest BCUT2D eigenvalue weighted by molar-refractivity contribution is 0.214. The third kappa shape index (κ3) is 1.91. The number of hydrogen-bond acceptors (Lipinski definition) is 2. The first kappa shape index (κ1) is 13.1. The zero-order valence-electron chi connectivity index (χ0n) is 13.1. The van der Waals surface area contributed by atoms with Crippen LogP contribution in [0.5, 0.6) is 0 Å². The molecule has 19 heavy (non-hydrogen) atoms. The van der Waals surface area contributed by atoms with E-state index in [-0.39, 0.29) is 5.41 Å². The van der Waals surface area contributed by atoms with Gasteiger partial charge in [0.15, 0.2) is 0 Å². The second kappa shape index (κ2) is 3.80. The van der Waals surface area contributed by atoms with E-state index in [9.17, 15) is 0 Å². The lowest BCUT2D eigenvalue weighted by Crippen LogP contribution is -2.28. The fraction of sp³-hybridized carbons (Fsp3) is 0.765. The lowest BCUT2D eigenvalue weighted by atomic mass is 9.68. The Labute approximate surface area is 117 Å². The van der Waals surface area contributed by atoms with Crippen LogP contribution in [0.1, 0.15) is 83.0 Å². The van der Waals surface area contributed by atoms with E-state index >= 15 is 0 Å². The van der Waals surface area contributed by atoms with Crippen molar-refractivity contribution in [2.45, 2.75) is 71.6 Å². The molecule has 104 valence electrons. The van der Waals surface area contributed by atoms with Gasteiger partial charge in [0.05, 0.1) is 11.9 Å². The van der Waals surface area contributed by atoms with Gasteiger partial charge in [-0.3, -0.25) is 0 Å². The minimum Gasteiger partial charge on any atom is -0.159 e. The van der Waals surface area contributed by atoms with Gasteiger partial charge in [0.2, 0.25) is 0 Å². The molecule has 3 atom stereocenters. The molecule has 2 nitrogen and oxygen atoms in total. The Morgan fingerprint density at radius 3 is 2.32 bits per heavy atom. The predicted molar refractivity (Wildman–Crippen MR) is 78.4 cm³/mol. The molecule has 2 aliphatic rings. The van der Waals surface area contributed by atoms with Crippen molar-refractivity contribution in [3.05, 3.63) is 23.0 Å². The molecule has 1 saturated carbocycles. The number of nitrogens with zero attached hydrogens (tertiary/aromatic N) is 2. The molecule has 0 aliphatic heterocycles. The molecule has 0 aromatic carbocycles. The normalized spacial score (nSPS) is 29.7. The third-order valence-corrected chi connectivity index (χ3v) is 5.12. The van der Waals surface area contributed by atoms with Gasteiger partial charge in [-0.2, -0.15) is 10.2 Å². The average molecular weight is 258 g/mol. The highest BCUT2D eigenvalue weighted by molar-refractivity contribution is 5.45. The van der Waals surface area contributed by atoms with Gasteiger partial charge in [-0.05, 0) is 47.1 Å². The van der Waals surface area contributed by atoms with Crippen LogP contribution in [0.2, 0.25) is 0 Å². The van der Waals surface area contributed by atoms with Gasteiger partial charge in [-0.1, -0.05) is 41.5 Å². The van der Waals surface area contributed by atoms with E-state index in [1.54, 1.807) is 5.56 Å². The summed E-state index contributed by atoms with van der Waals surface area (Å²) in [6.07, 6.45) is 4.71. The van der Waals surface area contributed by atoms with Crippen molar-refractivity contribution in [2.24, 2.45) is 11.3 Å². The Bertz CT molecular complexity index is 505. The summed E-state index contributed by atoms with van der Waals surface area (Å²) in [6.45, 7) is 14.0. The summed E-state index contributed by atoms with van der Waals surface area (Å²) in [4.78, 5) is 0. The Morgan fingerprint density at radius 1 is 1.05 bits per heavy atom. The van der Waals surface area contributed by atoms with E-state index in [0.29, 0.717) is 11.3 Å². The SMILES string of the molecule is CC(C)(C)c1nncc2c1C1CC2CC1C(C)(C)C. The van der Waals surface area contributed by atoms with Gasteiger partial charge in [-0.15, -0.1) is 0 Å². The largest absolute Gasteiger partial charge is 0.159 e. The fourth-order valence-corrected chi connectivity index (χ4v) is 4.25. The predicted octanol–water partition coefficient (Wildman–Crippen LogP) is 4.41. The van der Waals surface area contributed by atoms with Crippen LogP contribution < -0.4 is 0 Å². The molecule has 1 aromatic rings. The summed E-state index contributed by atoms with van der Waals surface area (Å²) < 4.78 is 0. The van der Waals surface area contributed by atoms with Crippen LogP contribution in [0.25, 0.3) is 0 Å². The van der Waals surface area contributed by atoms with Gasteiger partial charge < -0.3 is 0 Å². The number of rotatable bonds is 0. The molecule has 2 bridgehead atoms. The molecule has 1 heterocycles. The summed E-state index contributed by atoms with van der Waals surface area (Å²) in [5.41, 5.74) is 4.80. The molecule has 3 unspecified atom stereocenters. The zero-order chi connectivity index (χ0) is 14.0. The van der Waals surface area contributed by atoms with Crippen LogP contribution in [-0.2, 0) is 5.41 Å². The number of fused-ring (bicyclic) bond motifs is 5. The molecule has 2 heteroatoms.